The van der Waals surface area contributed by atoms with Crippen molar-refractivity contribution in [2.24, 2.45) is 5.92 Å². The summed E-state index contributed by atoms with van der Waals surface area (Å²) in [7, 11) is 1.90. The fourth-order valence-corrected chi connectivity index (χ4v) is 5.48. The third kappa shape index (κ3) is 7.05. The van der Waals surface area contributed by atoms with E-state index < -0.39 is 53.9 Å². The number of rotatable bonds is 9. The van der Waals surface area contributed by atoms with Gasteiger partial charge in [0.25, 0.3) is 0 Å². The molecule has 11 heteroatoms. The van der Waals surface area contributed by atoms with E-state index in [1.807, 2.05) is 11.9 Å². The normalized spacial score (nSPS) is 34.4. The molecule has 33 heavy (non-hydrogen) atoms. The fourth-order valence-electron chi connectivity index (χ4n) is 4.76. The summed E-state index contributed by atoms with van der Waals surface area (Å²) in [6, 6.07) is -1.29. The van der Waals surface area contributed by atoms with Gasteiger partial charge in [0.05, 0.1) is 12.1 Å². The third-order valence-electron chi connectivity index (χ3n) is 6.27. The molecule has 2 saturated heterocycles. The number of thioether (sulfide) groups is 1. The van der Waals surface area contributed by atoms with Crippen LogP contribution in [0.3, 0.4) is 0 Å². The molecular weight excluding hydrogens is 452 g/mol. The summed E-state index contributed by atoms with van der Waals surface area (Å²) in [5, 5.41) is 24.5. The van der Waals surface area contributed by atoms with E-state index in [2.05, 4.69) is 12.2 Å². The number of carbonyl (C=O) groups excluding carboxylic acids is 3. The van der Waals surface area contributed by atoms with Crippen molar-refractivity contribution in [3.8, 4) is 0 Å². The second kappa shape index (κ2) is 12.3. The van der Waals surface area contributed by atoms with E-state index in [4.69, 9.17) is 14.2 Å². The number of likely N-dealkylation sites (tertiary alicyclic amines) is 1. The van der Waals surface area contributed by atoms with Crippen LogP contribution >= 0.6 is 11.8 Å². The van der Waals surface area contributed by atoms with Crippen molar-refractivity contribution < 1.29 is 38.8 Å². The van der Waals surface area contributed by atoms with Crippen molar-refractivity contribution in [1.82, 2.24) is 10.2 Å². The number of amides is 1. The molecule has 2 aliphatic heterocycles. The van der Waals surface area contributed by atoms with Crippen LogP contribution in [0.25, 0.3) is 0 Å². The molecule has 2 fully saturated rings. The summed E-state index contributed by atoms with van der Waals surface area (Å²) in [5.41, 5.74) is -0.788. The predicted molar refractivity (Wildman–Crippen MR) is 122 cm³/mol. The third-order valence-corrected chi connectivity index (χ3v) is 7.12. The maximum absolute atomic E-state index is 13.2. The van der Waals surface area contributed by atoms with Gasteiger partial charge in [0.2, 0.25) is 5.91 Å². The highest BCUT2D eigenvalue weighted by atomic mass is 32.2. The monoisotopic (exact) mass is 490 g/mol. The van der Waals surface area contributed by atoms with Crippen LogP contribution in [0.15, 0.2) is 0 Å². The van der Waals surface area contributed by atoms with E-state index in [0.29, 0.717) is 12.3 Å². The summed E-state index contributed by atoms with van der Waals surface area (Å²) in [6.45, 7) is 6.99. The number of carbonyl (C=O) groups is 3. The minimum absolute atomic E-state index is 0.256. The number of hydrogen-bond acceptors (Lipinski definition) is 10. The smallest absolute Gasteiger partial charge is 0.303 e. The van der Waals surface area contributed by atoms with Crippen LogP contribution in [0.5, 0.6) is 0 Å². The van der Waals surface area contributed by atoms with E-state index in [0.717, 1.165) is 19.4 Å². The average Bonchev–Trinajstić information content (AvgIpc) is 3.10. The summed E-state index contributed by atoms with van der Waals surface area (Å²) in [5.74, 6) is -0.999. The standard InChI is InChI=1S/C22H38N2O8S/c1-7-8-14-9-15(24(5)10-14)21(29)23-16(11(2)30-12(3)25)19-17(27)18(28)20(31-13(4)26)22(32-19)33-6/h11,14-20,22,27-28H,7-10H2,1-6H3,(H,23,29)/t11?,14?,15-,16?,17?,18?,19?,20?,22?/m0/s1. The van der Waals surface area contributed by atoms with Gasteiger partial charge in [-0.25, -0.2) is 0 Å². The Morgan fingerprint density at radius 2 is 1.88 bits per heavy atom. The van der Waals surface area contributed by atoms with Crippen molar-refractivity contribution in [3.63, 3.8) is 0 Å². The lowest BCUT2D eigenvalue weighted by molar-refractivity contribution is -0.223. The van der Waals surface area contributed by atoms with E-state index in [1.165, 1.54) is 25.6 Å². The molecule has 0 aromatic carbocycles. The van der Waals surface area contributed by atoms with Gasteiger partial charge in [0, 0.05) is 20.4 Å². The molecule has 0 radical (unpaired) electrons. The molecule has 0 spiro atoms. The lowest BCUT2D eigenvalue weighted by Crippen LogP contribution is -2.66. The van der Waals surface area contributed by atoms with Gasteiger partial charge in [-0.3, -0.25) is 19.3 Å². The highest BCUT2D eigenvalue weighted by Crippen LogP contribution is 2.32. The van der Waals surface area contributed by atoms with Gasteiger partial charge in [-0.05, 0) is 39.0 Å². The molecule has 190 valence electrons. The zero-order valence-corrected chi connectivity index (χ0v) is 21.0. The summed E-state index contributed by atoms with van der Waals surface area (Å²) in [6.07, 6.45) is -1.46. The van der Waals surface area contributed by atoms with E-state index in [-0.39, 0.29) is 11.9 Å². The number of hydrogen-bond donors (Lipinski definition) is 3. The zero-order valence-electron chi connectivity index (χ0n) is 20.2. The van der Waals surface area contributed by atoms with Crippen molar-refractivity contribution in [2.45, 2.75) is 95.0 Å². The second-order valence-corrected chi connectivity index (χ2v) is 9.89. The van der Waals surface area contributed by atoms with Gasteiger partial charge in [0.1, 0.15) is 29.9 Å². The molecule has 3 N–H and O–H groups in total. The van der Waals surface area contributed by atoms with E-state index in [1.54, 1.807) is 13.2 Å². The molecule has 9 atom stereocenters. The largest absolute Gasteiger partial charge is 0.461 e. The maximum atomic E-state index is 13.2. The molecular formula is C22H38N2O8S. The summed E-state index contributed by atoms with van der Waals surface area (Å²) in [4.78, 5) is 38.3. The Morgan fingerprint density at radius 1 is 1.21 bits per heavy atom. The first-order valence-electron chi connectivity index (χ1n) is 11.4. The Kier molecular flexibility index (Phi) is 10.4. The number of aliphatic hydroxyl groups is 2. The molecule has 0 bridgehead atoms. The average molecular weight is 491 g/mol. The van der Waals surface area contributed by atoms with Gasteiger partial charge < -0.3 is 29.7 Å². The molecule has 0 saturated carbocycles. The minimum atomic E-state index is -1.49. The summed E-state index contributed by atoms with van der Waals surface area (Å²) < 4.78 is 16.5. The minimum Gasteiger partial charge on any atom is -0.461 e. The first kappa shape index (κ1) is 27.8. The first-order valence-corrected chi connectivity index (χ1v) is 12.7. The lowest BCUT2D eigenvalue weighted by Gasteiger charge is -2.45. The van der Waals surface area contributed by atoms with Crippen LogP contribution in [-0.4, -0.2) is 101 Å². The first-order chi connectivity index (χ1) is 15.5. The molecule has 0 aliphatic carbocycles. The highest BCUT2D eigenvalue weighted by molar-refractivity contribution is 7.99. The Hall–Kier alpha value is -1.40. The van der Waals surface area contributed by atoms with Crippen molar-refractivity contribution in [3.05, 3.63) is 0 Å². The number of nitrogens with zero attached hydrogens (tertiary/aromatic N) is 1. The van der Waals surface area contributed by atoms with Crippen molar-refractivity contribution >= 4 is 29.6 Å². The van der Waals surface area contributed by atoms with Crippen LogP contribution in [0, 0.1) is 5.92 Å². The van der Waals surface area contributed by atoms with Gasteiger partial charge in [-0.1, -0.05) is 13.3 Å². The Morgan fingerprint density at radius 3 is 2.42 bits per heavy atom. The summed E-state index contributed by atoms with van der Waals surface area (Å²) >= 11 is 1.20. The van der Waals surface area contributed by atoms with Gasteiger partial charge in [-0.15, -0.1) is 11.8 Å². The molecule has 1 amide bonds. The van der Waals surface area contributed by atoms with Crippen LogP contribution in [0.2, 0.25) is 0 Å². The van der Waals surface area contributed by atoms with Crippen LogP contribution in [0.4, 0.5) is 0 Å². The lowest BCUT2D eigenvalue weighted by atomic mass is 9.91. The number of nitrogens with one attached hydrogen (secondary N) is 1. The molecule has 10 nitrogen and oxygen atoms in total. The van der Waals surface area contributed by atoms with Crippen molar-refractivity contribution in [2.75, 3.05) is 19.8 Å². The Balaban J connectivity index is 2.25. The molecule has 8 unspecified atom stereocenters. The van der Waals surface area contributed by atoms with Gasteiger partial charge in [0.15, 0.2) is 6.10 Å². The van der Waals surface area contributed by atoms with E-state index >= 15 is 0 Å². The number of ether oxygens (including phenoxy) is 3. The van der Waals surface area contributed by atoms with E-state index in [9.17, 15) is 24.6 Å². The van der Waals surface area contributed by atoms with Crippen LogP contribution in [0.1, 0.15) is 47.0 Å². The van der Waals surface area contributed by atoms with Crippen LogP contribution < -0.4 is 5.32 Å². The van der Waals surface area contributed by atoms with Crippen LogP contribution in [-0.2, 0) is 28.6 Å². The molecule has 2 heterocycles. The molecule has 0 aromatic heterocycles. The zero-order chi connectivity index (χ0) is 24.9. The quantitative estimate of drug-likeness (QED) is 0.387. The topological polar surface area (TPSA) is 135 Å². The van der Waals surface area contributed by atoms with Gasteiger partial charge in [-0.2, -0.15) is 0 Å². The highest BCUT2D eigenvalue weighted by Gasteiger charge is 2.51. The molecule has 2 aliphatic rings. The second-order valence-electron chi connectivity index (χ2n) is 8.95. The number of esters is 2. The molecule has 2 rings (SSSR count). The number of aliphatic hydroxyl groups excluding tert-OH is 2. The number of likely N-dealkylation sites (N-methyl/N-ethyl adjacent to an activating group) is 1. The van der Waals surface area contributed by atoms with Gasteiger partial charge >= 0.3 is 11.9 Å². The fraction of sp³-hybridized carbons (Fsp3) is 0.864. The predicted octanol–water partition coefficient (Wildman–Crippen LogP) is 0.285. The van der Waals surface area contributed by atoms with Crippen molar-refractivity contribution in [1.29, 1.82) is 0 Å². The maximum Gasteiger partial charge on any atom is 0.303 e. The Labute approximate surface area is 199 Å². The SMILES string of the molecule is CCCC1C[C@@H](C(=O)NC(C(C)OC(C)=O)C2OC(SC)C(OC(C)=O)C(O)C2O)N(C)C1. The molecule has 0 aromatic rings. The Bertz CT molecular complexity index is 693.